The van der Waals surface area contributed by atoms with Crippen molar-refractivity contribution in [1.82, 2.24) is 0 Å². The summed E-state index contributed by atoms with van der Waals surface area (Å²) >= 11 is 0. The number of anilines is 2. The molecular weight excluding hydrogens is 544 g/mol. The molecule has 0 radical (unpaired) electrons. The summed E-state index contributed by atoms with van der Waals surface area (Å²) in [5.74, 6) is 2.90. The van der Waals surface area contributed by atoms with E-state index in [-0.39, 0.29) is 0 Å². The molecule has 6 aromatic rings. The number of hydrogen-bond donors (Lipinski definition) is 2. The third-order valence-electron chi connectivity index (χ3n) is 7.27. The van der Waals surface area contributed by atoms with Gasteiger partial charge in [0.05, 0.1) is 22.8 Å². The summed E-state index contributed by atoms with van der Waals surface area (Å²) in [4.78, 5) is 10.5. The van der Waals surface area contributed by atoms with Gasteiger partial charge in [-0.3, -0.25) is 0 Å². The van der Waals surface area contributed by atoms with Crippen LogP contribution in [0, 0.1) is 0 Å². The standard InChI is InChI=1S/C38H28N4O2/c39-27-13-21-31(22-14-27)43-29-17-9-25(10-18-29)37-33-5-1-3-7-35(33)41-38(34-6-2-4-8-36(34)42-37)26-11-19-30(20-12-26)44-32-23-15-28(40)16-24-32/h1-24H,39-40H2. The summed E-state index contributed by atoms with van der Waals surface area (Å²) in [5.41, 5.74) is 20.1. The third-order valence-corrected chi connectivity index (χ3v) is 7.27. The Kier molecular flexibility index (Phi) is 7.06. The van der Waals surface area contributed by atoms with Gasteiger partial charge in [0.25, 0.3) is 0 Å². The lowest BCUT2D eigenvalue weighted by atomic mass is 9.96. The number of nitrogens with two attached hydrogens (primary N) is 2. The molecule has 1 aliphatic rings. The summed E-state index contributed by atoms with van der Waals surface area (Å²) < 4.78 is 12.0. The van der Waals surface area contributed by atoms with Crippen LogP contribution < -0.4 is 20.9 Å². The second-order valence-electron chi connectivity index (χ2n) is 10.3. The number of nitrogens with zero attached hydrogens (tertiary/aromatic N) is 2. The molecule has 212 valence electrons. The first-order chi connectivity index (χ1) is 21.6. The highest BCUT2D eigenvalue weighted by Crippen LogP contribution is 2.34. The van der Waals surface area contributed by atoms with Crippen molar-refractivity contribution in [2.24, 2.45) is 9.98 Å². The lowest BCUT2D eigenvalue weighted by Gasteiger charge is -2.18. The largest absolute Gasteiger partial charge is 0.457 e. The van der Waals surface area contributed by atoms with Crippen LogP contribution in [0.5, 0.6) is 23.0 Å². The van der Waals surface area contributed by atoms with Crippen LogP contribution in [0.3, 0.4) is 0 Å². The Hall–Kier alpha value is -6.14. The fraction of sp³-hybridized carbons (Fsp3) is 0. The smallest absolute Gasteiger partial charge is 0.127 e. The average molecular weight is 573 g/mol. The van der Waals surface area contributed by atoms with E-state index in [1.54, 1.807) is 0 Å². The van der Waals surface area contributed by atoms with Gasteiger partial charge in [-0.05, 0) is 109 Å². The highest BCUT2D eigenvalue weighted by molar-refractivity contribution is 6.22. The molecule has 4 N–H and O–H groups in total. The van der Waals surface area contributed by atoms with E-state index in [0.717, 1.165) is 68.0 Å². The summed E-state index contributed by atoms with van der Waals surface area (Å²) in [5, 5.41) is 0. The van der Waals surface area contributed by atoms with E-state index in [2.05, 4.69) is 12.1 Å². The normalized spacial score (nSPS) is 12.1. The number of hydrogen-bond acceptors (Lipinski definition) is 6. The van der Waals surface area contributed by atoms with E-state index >= 15 is 0 Å². The second-order valence-corrected chi connectivity index (χ2v) is 10.3. The van der Waals surface area contributed by atoms with Crippen LogP contribution >= 0.6 is 0 Å². The third kappa shape index (κ3) is 5.65. The van der Waals surface area contributed by atoms with Gasteiger partial charge in [-0.2, -0.15) is 0 Å². The number of ether oxygens (including phenoxy) is 2. The molecule has 6 nitrogen and oxygen atoms in total. The van der Waals surface area contributed by atoms with Gasteiger partial charge >= 0.3 is 0 Å². The van der Waals surface area contributed by atoms with E-state index in [1.165, 1.54) is 0 Å². The molecular formula is C38H28N4O2. The summed E-state index contributed by atoms with van der Waals surface area (Å²) in [6.07, 6.45) is 0. The second kappa shape index (κ2) is 11.6. The predicted octanol–water partition coefficient (Wildman–Crippen LogP) is 9.09. The van der Waals surface area contributed by atoms with Crippen LogP contribution in [0.4, 0.5) is 22.7 Å². The van der Waals surface area contributed by atoms with E-state index in [0.29, 0.717) is 11.4 Å². The fourth-order valence-corrected chi connectivity index (χ4v) is 5.05. The first kappa shape index (κ1) is 26.7. The van der Waals surface area contributed by atoms with Gasteiger partial charge in [0.15, 0.2) is 0 Å². The summed E-state index contributed by atoms with van der Waals surface area (Å²) in [6, 6.07) is 46.8. The van der Waals surface area contributed by atoms with Gasteiger partial charge in [-0.1, -0.05) is 36.4 Å². The Morgan fingerprint density at radius 2 is 0.682 bits per heavy atom. The van der Waals surface area contributed by atoms with Crippen molar-refractivity contribution in [2.45, 2.75) is 0 Å². The Bertz CT molecular complexity index is 1850. The molecule has 0 aromatic heterocycles. The molecule has 7 rings (SSSR count). The van der Waals surface area contributed by atoms with Gasteiger partial charge in [0.2, 0.25) is 0 Å². The fourth-order valence-electron chi connectivity index (χ4n) is 5.05. The molecule has 0 bridgehead atoms. The van der Waals surface area contributed by atoms with E-state index < -0.39 is 0 Å². The summed E-state index contributed by atoms with van der Waals surface area (Å²) in [7, 11) is 0. The van der Waals surface area contributed by atoms with Gasteiger partial charge in [0, 0.05) is 33.6 Å². The predicted molar refractivity (Wildman–Crippen MR) is 178 cm³/mol. The molecule has 0 aliphatic carbocycles. The van der Waals surface area contributed by atoms with Crippen LogP contribution in [0.25, 0.3) is 0 Å². The van der Waals surface area contributed by atoms with Crippen LogP contribution in [0.15, 0.2) is 156 Å². The van der Waals surface area contributed by atoms with Crippen molar-refractivity contribution >= 4 is 34.2 Å². The quantitative estimate of drug-likeness (QED) is 0.194. The zero-order valence-electron chi connectivity index (χ0n) is 23.7. The lowest BCUT2D eigenvalue weighted by molar-refractivity contribution is 0.482. The first-order valence-electron chi connectivity index (χ1n) is 14.2. The molecule has 0 unspecified atom stereocenters. The molecule has 0 fully saturated rings. The molecule has 1 aliphatic heterocycles. The molecule has 0 atom stereocenters. The number of benzene rings is 6. The number of fused-ring (bicyclic) bond motifs is 2. The maximum atomic E-state index is 6.02. The number of rotatable bonds is 6. The monoisotopic (exact) mass is 572 g/mol. The van der Waals surface area contributed by atoms with Crippen molar-refractivity contribution in [3.05, 3.63) is 168 Å². The van der Waals surface area contributed by atoms with Crippen LogP contribution in [-0.4, -0.2) is 11.4 Å². The number of aliphatic imine (C=N–C) groups is 2. The van der Waals surface area contributed by atoms with Crippen molar-refractivity contribution in [2.75, 3.05) is 11.5 Å². The van der Waals surface area contributed by atoms with Crippen LogP contribution in [0.1, 0.15) is 22.3 Å². The molecule has 0 spiro atoms. The minimum absolute atomic E-state index is 0.695. The Labute approximate surface area is 255 Å². The zero-order valence-corrected chi connectivity index (χ0v) is 23.7. The SMILES string of the molecule is Nc1ccc(Oc2ccc(C3=Nc4ccccc4C(c4ccc(Oc5ccc(N)cc5)cc4)=Nc4ccccc43)cc2)cc1. The minimum Gasteiger partial charge on any atom is -0.457 e. The average Bonchev–Trinajstić information content (AvgIpc) is 3.05. The number of para-hydroxylation sites is 2. The molecule has 6 aromatic carbocycles. The zero-order chi connectivity index (χ0) is 29.9. The topological polar surface area (TPSA) is 95.2 Å². The highest BCUT2D eigenvalue weighted by atomic mass is 16.5. The van der Waals surface area contributed by atoms with Gasteiger partial charge in [-0.25, -0.2) is 9.98 Å². The van der Waals surface area contributed by atoms with Crippen LogP contribution in [0.2, 0.25) is 0 Å². The summed E-state index contributed by atoms with van der Waals surface area (Å²) in [6.45, 7) is 0. The Morgan fingerprint density at radius 3 is 1.05 bits per heavy atom. The molecule has 0 saturated heterocycles. The van der Waals surface area contributed by atoms with Gasteiger partial charge in [0.1, 0.15) is 23.0 Å². The van der Waals surface area contributed by atoms with Crippen LogP contribution in [-0.2, 0) is 0 Å². The molecule has 44 heavy (non-hydrogen) atoms. The first-order valence-corrected chi connectivity index (χ1v) is 14.2. The van der Waals surface area contributed by atoms with Crippen molar-refractivity contribution in [3.63, 3.8) is 0 Å². The van der Waals surface area contributed by atoms with E-state index in [1.807, 2.05) is 133 Å². The minimum atomic E-state index is 0.695. The van der Waals surface area contributed by atoms with Gasteiger partial charge in [-0.15, -0.1) is 0 Å². The van der Waals surface area contributed by atoms with Crippen molar-refractivity contribution < 1.29 is 9.47 Å². The van der Waals surface area contributed by atoms with Crippen molar-refractivity contribution in [1.29, 1.82) is 0 Å². The van der Waals surface area contributed by atoms with E-state index in [4.69, 9.17) is 30.9 Å². The lowest BCUT2D eigenvalue weighted by Crippen LogP contribution is -2.10. The van der Waals surface area contributed by atoms with E-state index in [9.17, 15) is 0 Å². The molecule has 1 heterocycles. The maximum Gasteiger partial charge on any atom is 0.127 e. The van der Waals surface area contributed by atoms with Gasteiger partial charge < -0.3 is 20.9 Å². The Balaban J connectivity index is 1.24. The maximum absolute atomic E-state index is 6.02. The van der Waals surface area contributed by atoms with Crippen molar-refractivity contribution in [3.8, 4) is 23.0 Å². The highest BCUT2D eigenvalue weighted by Gasteiger charge is 2.20. The molecule has 6 heteroatoms. The molecule has 0 saturated carbocycles. The number of nitrogen functional groups attached to an aromatic ring is 2. The Morgan fingerprint density at radius 1 is 0.364 bits per heavy atom. The molecule has 0 amide bonds.